The summed E-state index contributed by atoms with van der Waals surface area (Å²) >= 11 is 5.71. The summed E-state index contributed by atoms with van der Waals surface area (Å²) in [6.07, 6.45) is 1.80. The largest absolute Gasteiger partial charge is 0.358 e. The van der Waals surface area contributed by atoms with Crippen LogP contribution in [0.25, 0.3) is 0 Å². The van der Waals surface area contributed by atoms with Gasteiger partial charge in [0.15, 0.2) is 0 Å². The van der Waals surface area contributed by atoms with Crippen LogP contribution in [0.2, 0.25) is 5.02 Å². The van der Waals surface area contributed by atoms with E-state index in [-0.39, 0.29) is 22.7 Å². The first-order chi connectivity index (χ1) is 12.0. The maximum Gasteiger partial charge on any atom is 0.255 e. The number of nitrogens with one attached hydrogen (secondary N) is 2. The first-order valence-electron chi connectivity index (χ1n) is 8.01. The van der Waals surface area contributed by atoms with Gasteiger partial charge in [-0.1, -0.05) is 11.6 Å². The molecule has 2 aromatic rings. The number of hydrogen-bond donors (Lipinski definition) is 2. The number of carbonyl (C=O) groups is 2. The molecule has 2 amide bonds. The molecular weight excluding hydrogens is 345 g/mol. The van der Waals surface area contributed by atoms with Crippen LogP contribution in [-0.2, 0) is 4.79 Å². The van der Waals surface area contributed by atoms with Gasteiger partial charge in [0, 0.05) is 17.1 Å². The molecule has 2 N–H and O–H groups in total. The molecule has 2 aliphatic rings. The molecule has 0 saturated carbocycles. The second-order valence-corrected chi connectivity index (χ2v) is 6.59. The number of nitrogens with zero attached hydrogens (tertiary/aromatic N) is 1. The molecule has 1 atom stereocenters. The summed E-state index contributed by atoms with van der Waals surface area (Å²) in [6, 6.07) is 9.03. The van der Waals surface area contributed by atoms with Crippen molar-refractivity contribution < 1.29 is 14.0 Å². The van der Waals surface area contributed by atoms with E-state index in [2.05, 4.69) is 15.5 Å². The summed E-state index contributed by atoms with van der Waals surface area (Å²) in [7, 11) is 0. The van der Waals surface area contributed by atoms with Crippen LogP contribution in [0.5, 0.6) is 0 Å². The Kier molecular flexibility index (Phi) is 3.84. The molecule has 0 aliphatic carbocycles. The Hall–Kier alpha value is -2.60. The Bertz CT molecular complexity index is 887. The van der Waals surface area contributed by atoms with E-state index in [0.29, 0.717) is 11.3 Å². The molecule has 0 unspecified atom stereocenters. The smallest absolute Gasteiger partial charge is 0.255 e. The molecule has 1 saturated heterocycles. The van der Waals surface area contributed by atoms with Crippen LogP contribution in [0.1, 0.15) is 23.2 Å². The third-order valence-electron chi connectivity index (χ3n) is 4.56. The number of fused-ring (bicyclic) bond motifs is 3. The van der Waals surface area contributed by atoms with Gasteiger partial charge in [0.25, 0.3) is 5.91 Å². The highest BCUT2D eigenvalue weighted by Crippen LogP contribution is 2.37. The van der Waals surface area contributed by atoms with Crippen molar-refractivity contribution in [2.75, 3.05) is 22.1 Å². The van der Waals surface area contributed by atoms with Crippen molar-refractivity contribution in [3.63, 3.8) is 0 Å². The number of carbonyl (C=O) groups excluding carboxylic acids is 2. The van der Waals surface area contributed by atoms with Gasteiger partial charge in [-0.05, 0) is 49.2 Å². The minimum atomic E-state index is -0.605. The Balaban J connectivity index is 1.60. The van der Waals surface area contributed by atoms with Crippen LogP contribution in [0, 0.1) is 5.82 Å². The van der Waals surface area contributed by atoms with Crippen LogP contribution in [0.4, 0.5) is 21.5 Å². The number of anilines is 3. The normalized spacial score (nSPS) is 18.4. The maximum atomic E-state index is 13.8. The Labute approximate surface area is 148 Å². The topological polar surface area (TPSA) is 61.4 Å². The summed E-state index contributed by atoms with van der Waals surface area (Å²) < 4.78 is 13.8. The molecular formula is C18H15ClFN3O2. The zero-order valence-electron chi connectivity index (χ0n) is 13.2. The van der Waals surface area contributed by atoms with E-state index in [9.17, 15) is 14.0 Å². The van der Waals surface area contributed by atoms with Gasteiger partial charge in [-0.15, -0.1) is 0 Å². The zero-order valence-corrected chi connectivity index (χ0v) is 13.9. The predicted molar refractivity (Wildman–Crippen MR) is 94.8 cm³/mol. The third-order valence-corrected chi connectivity index (χ3v) is 4.80. The van der Waals surface area contributed by atoms with Gasteiger partial charge in [0.05, 0.1) is 17.1 Å². The molecule has 2 heterocycles. The lowest BCUT2D eigenvalue weighted by Gasteiger charge is -2.33. The summed E-state index contributed by atoms with van der Waals surface area (Å²) in [4.78, 5) is 26.6. The first kappa shape index (κ1) is 15.9. The maximum absolute atomic E-state index is 13.8. The van der Waals surface area contributed by atoms with E-state index in [1.54, 1.807) is 12.1 Å². The molecule has 0 bridgehead atoms. The van der Waals surface area contributed by atoms with Crippen molar-refractivity contribution in [2.24, 2.45) is 0 Å². The van der Waals surface area contributed by atoms with E-state index >= 15 is 0 Å². The fraction of sp³-hybridized carbons (Fsp3) is 0.222. The Morgan fingerprint density at radius 3 is 2.92 bits per heavy atom. The molecule has 128 valence electrons. The average Bonchev–Trinajstić information content (AvgIpc) is 3.07. The number of hydrogen-bond acceptors (Lipinski definition) is 3. The standard InChI is InChI=1S/C18H15ClFN3O2/c19-11-4-5-13(12(20)9-11)21-17(24)10-3-6-15-14(8-10)22-18(25)16-2-1-7-23(15)16/h3-6,8-9,16H,1-2,7H2,(H,21,24)(H,22,25)/t16-/m0/s1. The lowest BCUT2D eigenvalue weighted by Crippen LogP contribution is -2.43. The van der Waals surface area contributed by atoms with Crippen LogP contribution in [0.15, 0.2) is 36.4 Å². The van der Waals surface area contributed by atoms with Crippen molar-refractivity contribution in [1.82, 2.24) is 0 Å². The number of benzene rings is 2. The quantitative estimate of drug-likeness (QED) is 0.860. The highest BCUT2D eigenvalue weighted by Gasteiger charge is 2.36. The highest BCUT2D eigenvalue weighted by atomic mass is 35.5. The minimum Gasteiger partial charge on any atom is -0.358 e. The number of amides is 2. The van der Waals surface area contributed by atoms with E-state index in [1.807, 2.05) is 6.07 Å². The number of rotatable bonds is 2. The second-order valence-electron chi connectivity index (χ2n) is 6.15. The minimum absolute atomic E-state index is 0.0497. The second kappa shape index (κ2) is 6.04. The average molecular weight is 360 g/mol. The molecule has 2 aliphatic heterocycles. The highest BCUT2D eigenvalue weighted by molar-refractivity contribution is 6.30. The number of halogens is 2. The molecule has 0 aromatic heterocycles. The van der Waals surface area contributed by atoms with E-state index < -0.39 is 11.7 Å². The van der Waals surface area contributed by atoms with Crippen molar-refractivity contribution in [1.29, 1.82) is 0 Å². The van der Waals surface area contributed by atoms with Gasteiger partial charge in [-0.3, -0.25) is 9.59 Å². The Morgan fingerprint density at radius 1 is 1.28 bits per heavy atom. The zero-order chi connectivity index (χ0) is 17.6. The van der Waals surface area contributed by atoms with Gasteiger partial charge in [0.1, 0.15) is 11.9 Å². The third kappa shape index (κ3) is 2.82. The van der Waals surface area contributed by atoms with Crippen LogP contribution < -0.4 is 15.5 Å². The van der Waals surface area contributed by atoms with Crippen molar-refractivity contribution in [3.8, 4) is 0 Å². The Morgan fingerprint density at radius 2 is 2.12 bits per heavy atom. The van der Waals surface area contributed by atoms with E-state index in [0.717, 1.165) is 31.1 Å². The van der Waals surface area contributed by atoms with Crippen LogP contribution in [-0.4, -0.2) is 24.4 Å². The molecule has 0 radical (unpaired) electrons. The molecule has 1 fully saturated rings. The predicted octanol–water partition coefficient (Wildman–Crippen LogP) is 3.65. The van der Waals surface area contributed by atoms with Gasteiger partial charge >= 0.3 is 0 Å². The molecule has 7 heteroatoms. The van der Waals surface area contributed by atoms with Crippen LogP contribution >= 0.6 is 11.6 Å². The van der Waals surface area contributed by atoms with Crippen molar-refractivity contribution in [3.05, 3.63) is 52.8 Å². The molecule has 5 nitrogen and oxygen atoms in total. The fourth-order valence-corrected chi connectivity index (χ4v) is 3.52. The van der Waals surface area contributed by atoms with Gasteiger partial charge < -0.3 is 15.5 Å². The molecule has 0 spiro atoms. The van der Waals surface area contributed by atoms with E-state index in [4.69, 9.17) is 11.6 Å². The lowest BCUT2D eigenvalue weighted by molar-refractivity contribution is -0.117. The molecule has 25 heavy (non-hydrogen) atoms. The van der Waals surface area contributed by atoms with Gasteiger partial charge in [-0.25, -0.2) is 4.39 Å². The summed E-state index contributed by atoms with van der Waals surface area (Å²) in [6.45, 7) is 0.826. The van der Waals surface area contributed by atoms with Gasteiger partial charge in [-0.2, -0.15) is 0 Å². The summed E-state index contributed by atoms with van der Waals surface area (Å²) in [5.41, 5.74) is 1.91. The van der Waals surface area contributed by atoms with Crippen molar-refractivity contribution in [2.45, 2.75) is 18.9 Å². The van der Waals surface area contributed by atoms with Crippen molar-refractivity contribution >= 4 is 40.5 Å². The molecule has 4 rings (SSSR count). The summed E-state index contributed by atoms with van der Waals surface area (Å²) in [5, 5.41) is 5.63. The SMILES string of the molecule is O=C(Nc1ccc(Cl)cc1F)c1ccc2c(c1)NC(=O)[C@@H]1CCCN21. The van der Waals surface area contributed by atoms with Gasteiger partial charge in [0.2, 0.25) is 5.91 Å². The fourth-order valence-electron chi connectivity index (χ4n) is 3.36. The molecule has 2 aromatic carbocycles. The van der Waals surface area contributed by atoms with Crippen LogP contribution in [0.3, 0.4) is 0 Å². The van der Waals surface area contributed by atoms with E-state index in [1.165, 1.54) is 12.1 Å². The monoisotopic (exact) mass is 359 g/mol. The summed E-state index contributed by atoms with van der Waals surface area (Å²) in [5.74, 6) is -1.11. The lowest BCUT2D eigenvalue weighted by atomic mass is 10.1. The first-order valence-corrected chi connectivity index (χ1v) is 8.39.